The summed E-state index contributed by atoms with van der Waals surface area (Å²) in [5.41, 5.74) is 0.706. The van der Waals surface area contributed by atoms with Gasteiger partial charge in [-0.15, -0.1) is 0 Å². The first-order chi connectivity index (χ1) is 9.11. The van der Waals surface area contributed by atoms with Crippen molar-refractivity contribution >= 4 is 14.0 Å². The van der Waals surface area contributed by atoms with Crippen molar-refractivity contribution in [3.63, 3.8) is 0 Å². The van der Waals surface area contributed by atoms with Crippen molar-refractivity contribution in [3.8, 4) is 0 Å². The smallest absolute Gasteiger partial charge is 0.331 e. The van der Waals surface area contributed by atoms with E-state index in [1.807, 2.05) is 0 Å². The largest absolute Gasteiger partial charge is 0.478 e. The normalized spacial score (nSPS) is 28.8. The van der Waals surface area contributed by atoms with Crippen LogP contribution in [0.4, 0.5) is 0 Å². The predicted molar refractivity (Wildman–Crippen MR) is 88.7 cm³/mol. The van der Waals surface area contributed by atoms with Crippen LogP contribution in [0.1, 0.15) is 40.0 Å². The van der Waals surface area contributed by atoms with Crippen LogP contribution in [0.15, 0.2) is 11.6 Å². The minimum atomic E-state index is -1.24. The number of aliphatic carboxylic acids is 1. The van der Waals surface area contributed by atoms with Gasteiger partial charge in [0.15, 0.2) is 0 Å². The van der Waals surface area contributed by atoms with Gasteiger partial charge in [0.1, 0.15) is 0 Å². The highest BCUT2D eigenvalue weighted by molar-refractivity contribution is 6.76. The van der Waals surface area contributed by atoms with Gasteiger partial charge < -0.3 is 5.11 Å². The fourth-order valence-electron chi connectivity index (χ4n) is 3.37. The van der Waals surface area contributed by atoms with Gasteiger partial charge in [0.25, 0.3) is 0 Å². The molecule has 0 saturated heterocycles. The Labute approximate surface area is 125 Å². The molecular weight excluding hydrogens is 264 g/mol. The van der Waals surface area contributed by atoms with Crippen LogP contribution in [0.2, 0.25) is 25.7 Å². The van der Waals surface area contributed by atoms with Crippen LogP contribution in [-0.4, -0.2) is 19.1 Å². The molecule has 1 saturated carbocycles. The van der Waals surface area contributed by atoms with Gasteiger partial charge >= 0.3 is 5.97 Å². The number of carboxylic acids is 1. The first-order valence-corrected chi connectivity index (χ1v) is 11.8. The zero-order valence-electron chi connectivity index (χ0n) is 14.1. The van der Waals surface area contributed by atoms with Gasteiger partial charge in [0.2, 0.25) is 0 Å². The number of allylic oxidation sites excluding steroid dienone is 1. The van der Waals surface area contributed by atoms with Gasteiger partial charge in [-0.25, -0.2) is 4.79 Å². The highest BCUT2D eigenvalue weighted by Gasteiger charge is 2.35. The maximum absolute atomic E-state index is 11.7. The summed E-state index contributed by atoms with van der Waals surface area (Å²) < 4.78 is 0. The van der Waals surface area contributed by atoms with Crippen LogP contribution in [-0.2, 0) is 4.79 Å². The molecule has 116 valence electrons. The van der Waals surface area contributed by atoms with E-state index in [9.17, 15) is 9.90 Å². The van der Waals surface area contributed by atoms with E-state index in [4.69, 9.17) is 0 Å². The van der Waals surface area contributed by atoms with Gasteiger partial charge in [-0.05, 0) is 42.6 Å². The van der Waals surface area contributed by atoms with E-state index in [1.165, 1.54) is 12.8 Å². The van der Waals surface area contributed by atoms with Crippen molar-refractivity contribution in [1.29, 1.82) is 0 Å². The number of rotatable bonds is 5. The Hall–Kier alpha value is -0.573. The summed E-state index contributed by atoms with van der Waals surface area (Å²) in [6.45, 7) is 13.6. The first kappa shape index (κ1) is 17.5. The van der Waals surface area contributed by atoms with Gasteiger partial charge in [0, 0.05) is 13.6 Å². The molecule has 1 aliphatic carbocycles. The first-order valence-electron chi connectivity index (χ1n) is 8.05. The summed E-state index contributed by atoms with van der Waals surface area (Å²) >= 11 is 0. The van der Waals surface area contributed by atoms with Crippen molar-refractivity contribution < 1.29 is 9.90 Å². The Bertz CT molecular complexity index is 366. The predicted octanol–water partition coefficient (Wildman–Crippen LogP) is 5.04. The monoisotopic (exact) mass is 296 g/mol. The van der Waals surface area contributed by atoms with Gasteiger partial charge in [-0.1, -0.05) is 52.9 Å². The van der Waals surface area contributed by atoms with E-state index in [1.54, 1.807) is 0 Å². The summed E-state index contributed by atoms with van der Waals surface area (Å²) in [6.07, 6.45) is 5.54. The third-order valence-corrected chi connectivity index (χ3v) is 6.03. The molecule has 1 fully saturated rings. The SMILES string of the molecule is CC(C)[C@H]1CC[C@H](C)C[C@@H]1C(=CC[Si](C)(C)C)C(=O)O. The minimum absolute atomic E-state index is 0.257. The second-order valence-corrected chi connectivity index (χ2v) is 13.7. The fraction of sp³-hybridized carbons (Fsp3) is 0.824. The zero-order valence-corrected chi connectivity index (χ0v) is 15.1. The second kappa shape index (κ2) is 6.93. The third kappa shape index (κ3) is 5.08. The van der Waals surface area contributed by atoms with E-state index in [0.29, 0.717) is 23.3 Å². The lowest BCUT2D eigenvalue weighted by molar-refractivity contribution is -0.133. The zero-order chi connectivity index (χ0) is 15.5. The van der Waals surface area contributed by atoms with Gasteiger partial charge in [-0.2, -0.15) is 0 Å². The molecular formula is C17H32O2Si. The molecule has 0 heterocycles. The second-order valence-electron chi connectivity index (χ2n) is 8.16. The molecule has 0 aromatic carbocycles. The number of hydrogen-bond donors (Lipinski definition) is 1. The average molecular weight is 297 g/mol. The lowest BCUT2D eigenvalue weighted by Crippen LogP contribution is -2.31. The molecule has 0 bridgehead atoms. The molecule has 0 aromatic rings. The molecule has 0 aromatic heterocycles. The van der Waals surface area contributed by atoms with E-state index >= 15 is 0 Å². The molecule has 20 heavy (non-hydrogen) atoms. The van der Waals surface area contributed by atoms with Crippen LogP contribution in [0, 0.1) is 23.7 Å². The van der Waals surface area contributed by atoms with E-state index in [0.717, 1.165) is 12.5 Å². The highest BCUT2D eigenvalue weighted by Crippen LogP contribution is 2.42. The molecule has 3 heteroatoms. The molecule has 1 aliphatic rings. The summed E-state index contributed by atoms with van der Waals surface area (Å²) in [7, 11) is -1.24. The summed E-state index contributed by atoms with van der Waals surface area (Å²) in [6, 6.07) is 0.977. The summed E-state index contributed by atoms with van der Waals surface area (Å²) in [4.78, 5) is 11.7. The van der Waals surface area contributed by atoms with Crippen LogP contribution < -0.4 is 0 Å². The maximum atomic E-state index is 11.7. The lowest BCUT2D eigenvalue weighted by atomic mass is 9.67. The highest BCUT2D eigenvalue weighted by atomic mass is 28.3. The van der Waals surface area contributed by atoms with Crippen molar-refractivity contribution in [2.24, 2.45) is 23.7 Å². The van der Waals surface area contributed by atoms with Crippen molar-refractivity contribution in [2.45, 2.75) is 65.7 Å². The van der Waals surface area contributed by atoms with Gasteiger partial charge in [-0.3, -0.25) is 0 Å². The molecule has 0 amide bonds. The summed E-state index contributed by atoms with van der Waals surface area (Å²) in [5.74, 6) is 1.34. The van der Waals surface area contributed by atoms with Gasteiger partial charge in [0.05, 0.1) is 0 Å². The third-order valence-electron chi connectivity index (χ3n) is 4.60. The average Bonchev–Trinajstić information content (AvgIpc) is 2.26. The molecule has 0 radical (unpaired) electrons. The molecule has 3 atom stereocenters. The van der Waals surface area contributed by atoms with Crippen molar-refractivity contribution in [1.82, 2.24) is 0 Å². The molecule has 0 unspecified atom stereocenters. The van der Waals surface area contributed by atoms with Crippen LogP contribution >= 0.6 is 0 Å². The van der Waals surface area contributed by atoms with E-state index in [2.05, 4.69) is 46.5 Å². The standard InChI is InChI=1S/C17H32O2Si/c1-12(2)14-8-7-13(3)11-16(14)15(17(18)19)9-10-20(4,5)6/h9,12-14,16H,7-8,10-11H2,1-6H3,(H,18,19)/t13-,14+,16-/m0/s1. The number of carboxylic acid groups (broad SMARTS) is 1. The van der Waals surface area contributed by atoms with Crippen LogP contribution in [0.25, 0.3) is 0 Å². The van der Waals surface area contributed by atoms with Crippen LogP contribution in [0.5, 0.6) is 0 Å². The lowest BCUT2D eigenvalue weighted by Gasteiger charge is -2.38. The Kier molecular flexibility index (Phi) is 6.05. The number of hydrogen-bond acceptors (Lipinski definition) is 1. The van der Waals surface area contributed by atoms with Crippen molar-refractivity contribution in [3.05, 3.63) is 11.6 Å². The molecule has 0 aliphatic heterocycles. The molecule has 2 nitrogen and oxygen atoms in total. The topological polar surface area (TPSA) is 37.3 Å². The Morgan fingerprint density at radius 1 is 1.30 bits per heavy atom. The van der Waals surface area contributed by atoms with Crippen molar-refractivity contribution in [2.75, 3.05) is 0 Å². The fourth-order valence-corrected chi connectivity index (χ4v) is 4.21. The minimum Gasteiger partial charge on any atom is -0.478 e. The maximum Gasteiger partial charge on any atom is 0.331 e. The summed E-state index contributed by atoms with van der Waals surface area (Å²) in [5, 5.41) is 9.66. The molecule has 1 N–H and O–H groups in total. The Balaban J connectivity index is 3.00. The molecule has 1 rings (SSSR count). The molecule has 0 spiro atoms. The Morgan fingerprint density at radius 2 is 1.90 bits per heavy atom. The number of carbonyl (C=O) groups is 1. The Morgan fingerprint density at radius 3 is 2.35 bits per heavy atom. The quantitative estimate of drug-likeness (QED) is 0.570. The van der Waals surface area contributed by atoms with E-state index in [-0.39, 0.29) is 5.92 Å². The van der Waals surface area contributed by atoms with E-state index < -0.39 is 14.0 Å². The van der Waals surface area contributed by atoms with Crippen LogP contribution in [0.3, 0.4) is 0 Å².